The molecular weight excluding hydrogens is 444 g/mol. The van der Waals surface area contributed by atoms with Gasteiger partial charge in [-0.1, -0.05) is 73.6 Å². The van der Waals surface area contributed by atoms with Gasteiger partial charge < -0.3 is 10.4 Å². The maximum atomic E-state index is 12.8. The van der Waals surface area contributed by atoms with Crippen molar-refractivity contribution in [3.05, 3.63) is 83.4 Å². The van der Waals surface area contributed by atoms with Gasteiger partial charge in [-0.2, -0.15) is 0 Å². The number of nitrogens with one attached hydrogen (secondary N) is 1. The average Bonchev–Trinajstić information content (AvgIpc) is 3.21. The minimum absolute atomic E-state index is 0.114. The number of anilines is 1. The number of benzene rings is 3. The second kappa shape index (κ2) is 10.1. The van der Waals surface area contributed by atoms with Gasteiger partial charge >= 0.3 is 0 Å². The lowest BCUT2D eigenvalue weighted by atomic mass is 10.0. The van der Waals surface area contributed by atoms with Crippen molar-refractivity contribution in [2.24, 2.45) is 0 Å². The predicted molar refractivity (Wildman–Crippen MR) is 138 cm³/mol. The van der Waals surface area contributed by atoms with Gasteiger partial charge in [-0.15, -0.1) is 10.2 Å². The van der Waals surface area contributed by atoms with Gasteiger partial charge in [0.2, 0.25) is 5.91 Å². The molecule has 0 unspecified atom stereocenters. The van der Waals surface area contributed by atoms with Gasteiger partial charge in [-0.3, -0.25) is 9.36 Å². The quantitative estimate of drug-likeness (QED) is 0.317. The van der Waals surface area contributed by atoms with Gasteiger partial charge in [0.1, 0.15) is 5.75 Å². The van der Waals surface area contributed by atoms with Crippen LogP contribution in [0.25, 0.3) is 17.1 Å². The summed E-state index contributed by atoms with van der Waals surface area (Å²) in [6.07, 6.45) is 0. The van der Waals surface area contributed by atoms with Crippen molar-refractivity contribution < 1.29 is 9.90 Å². The highest BCUT2D eigenvalue weighted by atomic mass is 32.2. The molecule has 174 valence electrons. The van der Waals surface area contributed by atoms with Crippen molar-refractivity contribution in [2.45, 2.75) is 38.8 Å². The fourth-order valence-corrected chi connectivity index (χ4v) is 4.65. The van der Waals surface area contributed by atoms with Crippen molar-refractivity contribution in [3.63, 3.8) is 0 Å². The summed E-state index contributed by atoms with van der Waals surface area (Å²) < 4.78 is 1.91. The number of carbonyl (C=O) groups is 1. The highest BCUT2D eigenvalue weighted by Crippen LogP contribution is 2.34. The first-order chi connectivity index (χ1) is 16.3. The van der Waals surface area contributed by atoms with E-state index in [-0.39, 0.29) is 17.4 Å². The lowest BCUT2D eigenvalue weighted by Gasteiger charge is -2.15. The fourth-order valence-electron chi connectivity index (χ4n) is 3.90. The molecular formula is C27H28N4O2S. The summed E-state index contributed by atoms with van der Waals surface area (Å²) in [7, 11) is 0. The predicted octanol–water partition coefficient (Wildman–Crippen LogP) is 6.11. The first kappa shape index (κ1) is 23.6. The van der Waals surface area contributed by atoms with Gasteiger partial charge in [0.25, 0.3) is 0 Å². The van der Waals surface area contributed by atoms with Crippen LogP contribution >= 0.6 is 11.8 Å². The molecule has 0 fully saturated rings. The Morgan fingerprint density at radius 2 is 1.76 bits per heavy atom. The summed E-state index contributed by atoms with van der Waals surface area (Å²) in [5, 5.41) is 22.8. The Hall–Kier alpha value is -3.58. The van der Waals surface area contributed by atoms with Crippen LogP contribution in [0.15, 0.2) is 71.9 Å². The molecule has 0 saturated heterocycles. The molecule has 0 bridgehead atoms. The van der Waals surface area contributed by atoms with Crippen LogP contribution < -0.4 is 5.32 Å². The molecule has 4 rings (SSSR count). The topological polar surface area (TPSA) is 80.0 Å². The first-order valence-electron chi connectivity index (χ1n) is 11.2. The molecule has 1 heterocycles. The first-order valence-corrected chi connectivity index (χ1v) is 12.2. The Morgan fingerprint density at radius 1 is 1.03 bits per heavy atom. The Kier molecular flexibility index (Phi) is 7.03. The second-order valence-electron chi connectivity index (χ2n) is 8.53. The van der Waals surface area contributed by atoms with E-state index in [0.29, 0.717) is 22.5 Å². The highest BCUT2D eigenvalue weighted by Gasteiger charge is 2.20. The number of thioether (sulfide) groups is 1. The van der Waals surface area contributed by atoms with Gasteiger partial charge in [0.15, 0.2) is 11.0 Å². The van der Waals surface area contributed by atoms with Crippen molar-refractivity contribution in [1.29, 1.82) is 0 Å². The SMILES string of the molecule is Cc1ccc(-n2c(SCC(=O)Nc3ccccc3C(C)C)nnc2-c2ccccc2O)c(C)c1. The van der Waals surface area contributed by atoms with Gasteiger partial charge in [-0.05, 0) is 55.2 Å². The van der Waals surface area contributed by atoms with Crippen LogP contribution in [0.3, 0.4) is 0 Å². The minimum atomic E-state index is -0.114. The number of carbonyl (C=O) groups excluding carboxylic acids is 1. The zero-order chi connectivity index (χ0) is 24.2. The van der Waals surface area contributed by atoms with E-state index in [1.165, 1.54) is 11.8 Å². The summed E-state index contributed by atoms with van der Waals surface area (Å²) in [4.78, 5) is 12.8. The molecule has 0 aliphatic carbocycles. The number of rotatable bonds is 7. The van der Waals surface area contributed by atoms with E-state index in [9.17, 15) is 9.90 Å². The number of amides is 1. The number of phenols is 1. The third kappa shape index (κ3) is 4.99. The second-order valence-corrected chi connectivity index (χ2v) is 9.47. The van der Waals surface area contributed by atoms with Crippen LogP contribution in [0.2, 0.25) is 0 Å². The molecule has 7 heteroatoms. The van der Waals surface area contributed by atoms with Gasteiger partial charge in [-0.25, -0.2) is 0 Å². The molecule has 0 atom stereocenters. The molecule has 34 heavy (non-hydrogen) atoms. The Bertz CT molecular complexity index is 1330. The minimum Gasteiger partial charge on any atom is -0.507 e. The number of phenolic OH excluding ortho intramolecular Hbond substituents is 1. The Labute approximate surface area is 204 Å². The van der Waals surface area contributed by atoms with Crippen LogP contribution in [-0.4, -0.2) is 31.5 Å². The van der Waals surface area contributed by atoms with Crippen molar-refractivity contribution in [1.82, 2.24) is 14.8 Å². The Morgan fingerprint density at radius 3 is 2.50 bits per heavy atom. The standard InChI is InChI=1S/C27H28N4O2S/c1-17(2)20-9-5-7-11-22(20)28-25(33)16-34-27-30-29-26(21-10-6-8-12-24(21)32)31(27)23-14-13-18(3)15-19(23)4/h5-15,17,32H,16H2,1-4H3,(H,28,33). The van der Waals surface area contributed by atoms with E-state index < -0.39 is 0 Å². The molecule has 0 aliphatic heterocycles. The summed E-state index contributed by atoms with van der Waals surface area (Å²) in [5.74, 6) is 1.02. The normalized spacial score (nSPS) is 11.1. The lowest BCUT2D eigenvalue weighted by molar-refractivity contribution is -0.113. The molecule has 2 N–H and O–H groups in total. The van der Waals surface area contributed by atoms with E-state index in [2.05, 4.69) is 35.4 Å². The number of hydrogen-bond acceptors (Lipinski definition) is 5. The number of aryl methyl sites for hydroxylation is 2. The number of aromatic nitrogens is 3. The van der Waals surface area contributed by atoms with E-state index >= 15 is 0 Å². The summed E-state index contributed by atoms with van der Waals surface area (Å²) in [6.45, 7) is 8.28. The smallest absolute Gasteiger partial charge is 0.234 e. The van der Waals surface area contributed by atoms with E-state index in [0.717, 1.165) is 28.1 Å². The molecule has 1 amide bonds. The largest absolute Gasteiger partial charge is 0.507 e. The van der Waals surface area contributed by atoms with E-state index in [4.69, 9.17) is 0 Å². The van der Waals surface area contributed by atoms with Crippen LogP contribution in [0.4, 0.5) is 5.69 Å². The third-order valence-electron chi connectivity index (χ3n) is 5.56. The van der Waals surface area contributed by atoms with Gasteiger partial charge in [0.05, 0.1) is 17.0 Å². The maximum absolute atomic E-state index is 12.8. The van der Waals surface area contributed by atoms with E-state index in [1.54, 1.807) is 12.1 Å². The average molecular weight is 473 g/mol. The number of nitrogens with zero attached hydrogens (tertiary/aromatic N) is 3. The van der Waals surface area contributed by atoms with Crippen LogP contribution in [0.1, 0.15) is 36.5 Å². The van der Waals surface area contributed by atoms with Gasteiger partial charge in [0, 0.05) is 5.69 Å². The third-order valence-corrected chi connectivity index (χ3v) is 6.49. The van der Waals surface area contributed by atoms with Crippen molar-refractivity contribution in [2.75, 3.05) is 11.1 Å². The molecule has 6 nitrogen and oxygen atoms in total. The molecule has 1 aromatic heterocycles. The van der Waals surface area contributed by atoms with Crippen molar-refractivity contribution in [3.8, 4) is 22.8 Å². The van der Waals surface area contributed by atoms with Crippen LogP contribution in [-0.2, 0) is 4.79 Å². The number of para-hydroxylation sites is 2. The van der Waals surface area contributed by atoms with Crippen LogP contribution in [0, 0.1) is 13.8 Å². The zero-order valence-corrected chi connectivity index (χ0v) is 20.6. The van der Waals surface area contributed by atoms with Crippen LogP contribution in [0.5, 0.6) is 5.75 Å². The fraction of sp³-hybridized carbons (Fsp3) is 0.222. The van der Waals surface area contributed by atoms with Crippen molar-refractivity contribution >= 4 is 23.4 Å². The zero-order valence-electron chi connectivity index (χ0n) is 19.7. The lowest BCUT2D eigenvalue weighted by Crippen LogP contribution is -2.16. The maximum Gasteiger partial charge on any atom is 0.234 e. The van der Waals surface area contributed by atoms with E-state index in [1.807, 2.05) is 66.9 Å². The Balaban J connectivity index is 1.65. The summed E-state index contributed by atoms with van der Waals surface area (Å²) in [5.41, 5.74) is 5.61. The summed E-state index contributed by atoms with van der Waals surface area (Å²) >= 11 is 1.31. The molecule has 3 aromatic carbocycles. The molecule has 0 saturated carbocycles. The molecule has 0 spiro atoms. The molecule has 0 aliphatic rings. The number of aromatic hydroxyl groups is 1. The summed E-state index contributed by atoms with van der Waals surface area (Å²) in [6, 6.07) is 21.0. The molecule has 0 radical (unpaired) electrons. The monoisotopic (exact) mass is 472 g/mol. The molecule has 4 aromatic rings. The number of hydrogen-bond donors (Lipinski definition) is 2. The highest BCUT2D eigenvalue weighted by molar-refractivity contribution is 7.99.